The normalized spacial score (nSPS) is 11.7. The fourth-order valence-corrected chi connectivity index (χ4v) is 3.46. The van der Waals surface area contributed by atoms with Crippen molar-refractivity contribution in [2.24, 2.45) is 0 Å². The Morgan fingerprint density at radius 3 is 2.33 bits per heavy atom. The van der Waals surface area contributed by atoms with Gasteiger partial charge in [-0.25, -0.2) is 0 Å². The Morgan fingerprint density at radius 1 is 1.03 bits per heavy atom. The molecule has 2 aromatic carbocycles. The van der Waals surface area contributed by atoms with Crippen LogP contribution in [-0.4, -0.2) is 29.3 Å². The number of nitrogens with zero attached hydrogens (tertiary/aromatic N) is 1. The fraction of sp³-hybridized carbons (Fsp3) is 0.440. The van der Waals surface area contributed by atoms with Gasteiger partial charge in [0.05, 0.1) is 0 Å². The van der Waals surface area contributed by atoms with Crippen molar-refractivity contribution in [1.29, 1.82) is 0 Å². The van der Waals surface area contributed by atoms with Crippen LogP contribution in [0.4, 0.5) is 0 Å². The van der Waals surface area contributed by atoms with Gasteiger partial charge in [-0.2, -0.15) is 0 Å². The standard InChI is InChI=1S/C25H33ClN2O2/c1-4-6-17-27-25(30)19(3)28(18-22-9-7-8-10-23(22)26)24(29)16-15-21-13-11-20(5-2)12-14-21/h7-14,19H,4-6,15-18H2,1-3H3,(H,27,30)/t19-/m0/s1. The third kappa shape index (κ3) is 7.17. The average Bonchev–Trinajstić information content (AvgIpc) is 2.77. The van der Waals surface area contributed by atoms with E-state index < -0.39 is 6.04 Å². The molecule has 0 bridgehead atoms. The van der Waals surface area contributed by atoms with Crippen LogP contribution in [0, 0.1) is 0 Å². The quantitative estimate of drug-likeness (QED) is 0.502. The summed E-state index contributed by atoms with van der Waals surface area (Å²) in [6.07, 6.45) is 3.92. The molecule has 1 atom stereocenters. The van der Waals surface area contributed by atoms with Crippen molar-refractivity contribution < 1.29 is 9.59 Å². The van der Waals surface area contributed by atoms with E-state index in [9.17, 15) is 9.59 Å². The summed E-state index contributed by atoms with van der Waals surface area (Å²) in [6.45, 7) is 6.92. The molecule has 0 unspecified atom stereocenters. The third-order valence-electron chi connectivity index (χ3n) is 5.35. The Labute approximate surface area is 185 Å². The van der Waals surface area contributed by atoms with Gasteiger partial charge in [0.1, 0.15) is 6.04 Å². The molecule has 0 saturated carbocycles. The van der Waals surface area contributed by atoms with Crippen molar-refractivity contribution in [1.82, 2.24) is 10.2 Å². The van der Waals surface area contributed by atoms with E-state index in [0.717, 1.165) is 30.4 Å². The molecular weight excluding hydrogens is 396 g/mol. The molecule has 4 nitrogen and oxygen atoms in total. The number of hydrogen-bond acceptors (Lipinski definition) is 2. The maximum Gasteiger partial charge on any atom is 0.242 e. The monoisotopic (exact) mass is 428 g/mol. The van der Waals surface area contributed by atoms with Crippen molar-refractivity contribution in [2.75, 3.05) is 6.54 Å². The van der Waals surface area contributed by atoms with Gasteiger partial charge in [-0.15, -0.1) is 0 Å². The molecule has 2 aromatic rings. The highest BCUT2D eigenvalue weighted by atomic mass is 35.5. The summed E-state index contributed by atoms with van der Waals surface area (Å²) in [7, 11) is 0. The van der Waals surface area contributed by atoms with Crippen molar-refractivity contribution in [3.8, 4) is 0 Å². The van der Waals surface area contributed by atoms with Crippen LogP contribution in [0.15, 0.2) is 48.5 Å². The Hall–Kier alpha value is -2.33. The summed E-state index contributed by atoms with van der Waals surface area (Å²) in [5.74, 6) is -0.177. The number of benzene rings is 2. The van der Waals surface area contributed by atoms with Crippen LogP contribution in [-0.2, 0) is 29.0 Å². The molecular formula is C25H33ClN2O2. The van der Waals surface area contributed by atoms with Gasteiger partial charge in [-0.3, -0.25) is 9.59 Å². The first-order valence-corrected chi connectivity index (χ1v) is 11.2. The fourth-order valence-electron chi connectivity index (χ4n) is 3.27. The first-order chi connectivity index (χ1) is 14.5. The second kappa shape index (κ2) is 12.4. The molecule has 0 heterocycles. The average molecular weight is 429 g/mol. The minimum absolute atomic E-state index is 0.0485. The molecule has 1 N–H and O–H groups in total. The number of halogens is 1. The summed E-state index contributed by atoms with van der Waals surface area (Å²) < 4.78 is 0. The molecule has 5 heteroatoms. The largest absolute Gasteiger partial charge is 0.354 e. The first kappa shape index (κ1) is 23.9. The minimum Gasteiger partial charge on any atom is -0.354 e. The highest BCUT2D eigenvalue weighted by Crippen LogP contribution is 2.20. The van der Waals surface area contributed by atoms with Gasteiger partial charge in [-0.1, -0.05) is 74.3 Å². The number of unbranched alkanes of at least 4 members (excludes halogenated alkanes) is 1. The van der Waals surface area contributed by atoms with E-state index in [4.69, 9.17) is 11.6 Å². The van der Waals surface area contributed by atoms with Gasteiger partial charge in [0.2, 0.25) is 11.8 Å². The summed E-state index contributed by atoms with van der Waals surface area (Å²) in [5.41, 5.74) is 3.24. The molecule has 2 amide bonds. The van der Waals surface area contributed by atoms with E-state index in [1.165, 1.54) is 5.56 Å². The number of rotatable bonds is 11. The van der Waals surface area contributed by atoms with E-state index in [2.05, 4.69) is 43.4 Å². The van der Waals surface area contributed by atoms with Gasteiger partial charge in [0.15, 0.2) is 0 Å². The van der Waals surface area contributed by atoms with E-state index >= 15 is 0 Å². The molecule has 0 aromatic heterocycles. The van der Waals surface area contributed by atoms with Crippen LogP contribution >= 0.6 is 11.6 Å². The number of aryl methyl sites for hydroxylation is 2. The molecule has 2 rings (SSSR count). The molecule has 0 aliphatic heterocycles. The Balaban J connectivity index is 2.10. The third-order valence-corrected chi connectivity index (χ3v) is 5.72. The number of carbonyl (C=O) groups excluding carboxylic acids is 2. The highest BCUT2D eigenvalue weighted by Gasteiger charge is 2.26. The minimum atomic E-state index is -0.562. The smallest absolute Gasteiger partial charge is 0.242 e. The molecule has 162 valence electrons. The number of amides is 2. The van der Waals surface area contributed by atoms with Crippen LogP contribution < -0.4 is 5.32 Å². The first-order valence-electron chi connectivity index (χ1n) is 10.8. The Kier molecular flexibility index (Phi) is 9.88. The molecule has 0 saturated heterocycles. The van der Waals surface area contributed by atoms with Crippen LogP contribution in [0.1, 0.15) is 56.7 Å². The van der Waals surface area contributed by atoms with Gasteiger partial charge in [0, 0.05) is 24.5 Å². The van der Waals surface area contributed by atoms with Crippen molar-refractivity contribution >= 4 is 23.4 Å². The molecule has 0 aliphatic carbocycles. The van der Waals surface area contributed by atoms with Crippen molar-refractivity contribution in [3.63, 3.8) is 0 Å². The number of carbonyl (C=O) groups is 2. The van der Waals surface area contributed by atoms with E-state index in [1.807, 2.05) is 18.2 Å². The zero-order valence-corrected chi connectivity index (χ0v) is 19.0. The molecule has 0 fully saturated rings. The predicted octanol–water partition coefficient (Wildman–Crippen LogP) is 5.17. The lowest BCUT2D eigenvalue weighted by atomic mass is 10.0. The van der Waals surface area contributed by atoms with Crippen molar-refractivity contribution in [3.05, 3.63) is 70.2 Å². The zero-order valence-electron chi connectivity index (χ0n) is 18.3. The van der Waals surface area contributed by atoms with E-state index in [1.54, 1.807) is 17.9 Å². The highest BCUT2D eigenvalue weighted by molar-refractivity contribution is 6.31. The maximum atomic E-state index is 13.1. The summed E-state index contributed by atoms with van der Waals surface area (Å²) in [5, 5.41) is 3.54. The predicted molar refractivity (Wildman–Crippen MR) is 124 cm³/mol. The van der Waals surface area contributed by atoms with E-state index in [-0.39, 0.29) is 11.8 Å². The van der Waals surface area contributed by atoms with Crippen LogP contribution in [0.2, 0.25) is 5.02 Å². The topological polar surface area (TPSA) is 49.4 Å². The summed E-state index contributed by atoms with van der Waals surface area (Å²) in [4.78, 5) is 27.4. The number of nitrogens with one attached hydrogen (secondary N) is 1. The lowest BCUT2D eigenvalue weighted by Gasteiger charge is -2.29. The van der Waals surface area contributed by atoms with Crippen molar-refractivity contribution in [2.45, 2.75) is 65.5 Å². The lowest BCUT2D eigenvalue weighted by Crippen LogP contribution is -2.47. The summed E-state index contributed by atoms with van der Waals surface area (Å²) in [6, 6.07) is 15.2. The Morgan fingerprint density at radius 2 is 1.70 bits per heavy atom. The van der Waals surface area contributed by atoms with Gasteiger partial charge in [-0.05, 0) is 48.9 Å². The molecule has 30 heavy (non-hydrogen) atoms. The zero-order chi connectivity index (χ0) is 21.9. The van der Waals surface area contributed by atoms with Gasteiger partial charge >= 0.3 is 0 Å². The second-order valence-corrected chi connectivity index (χ2v) is 8.01. The maximum absolute atomic E-state index is 13.1. The van der Waals surface area contributed by atoms with Gasteiger partial charge < -0.3 is 10.2 Å². The summed E-state index contributed by atoms with van der Waals surface area (Å²) >= 11 is 6.32. The molecule has 0 aliphatic rings. The second-order valence-electron chi connectivity index (χ2n) is 7.60. The van der Waals surface area contributed by atoms with Crippen LogP contribution in [0.5, 0.6) is 0 Å². The Bertz CT molecular complexity index is 820. The SMILES string of the molecule is CCCCNC(=O)[C@H](C)N(Cc1ccccc1Cl)C(=O)CCc1ccc(CC)cc1. The van der Waals surface area contributed by atoms with Crippen LogP contribution in [0.25, 0.3) is 0 Å². The molecule has 0 spiro atoms. The lowest BCUT2D eigenvalue weighted by molar-refractivity contribution is -0.140. The molecule has 0 radical (unpaired) electrons. The van der Waals surface area contributed by atoms with Crippen LogP contribution in [0.3, 0.4) is 0 Å². The van der Waals surface area contributed by atoms with E-state index in [0.29, 0.717) is 31.0 Å². The number of hydrogen-bond donors (Lipinski definition) is 1. The van der Waals surface area contributed by atoms with Gasteiger partial charge in [0.25, 0.3) is 0 Å².